The van der Waals surface area contributed by atoms with E-state index < -0.39 is 24.5 Å². The Morgan fingerprint density at radius 1 is 0.935 bits per heavy atom. The number of hydrogen-bond acceptors (Lipinski definition) is 12. The van der Waals surface area contributed by atoms with Gasteiger partial charge in [0.05, 0.1) is 6.33 Å². The summed E-state index contributed by atoms with van der Waals surface area (Å²) < 4.78 is 13.4. The van der Waals surface area contributed by atoms with E-state index in [9.17, 15) is 10.2 Å². The number of aliphatic hydroxyl groups excluding tert-OH is 2. The number of fused-ring (bicyclic) bond motifs is 1. The number of ether oxygens (including phenoxy) is 1. The summed E-state index contributed by atoms with van der Waals surface area (Å²) in [6.45, 7) is 2.43. The molecule has 1 saturated carbocycles. The number of rotatable bonds is 10. The summed E-state index contributed by atoms with van der Waals surface area (Å²) in [6, 6.07) is 21.1. The lowest BCUT2D eigenvalue weighted by Crippen LogP contribution is -2.33. The Bertz CT molecular complexity index is 1700. The van der Waals surface area contributed by atoms with E-state index >= 15 is 0 Å². The van der Waals surface area contributed by atoms with Gasteiger partial charge in [-0.25, -0.2) is 4.98 Å². The molecule has 7 rings (SSSR count). The van der Waals surface area contributed by atoms with E-state index in [0.717, 1.165) is 25.7 Å². The number of aryl methyl sites for hydroxylation is 1. The summed E-state index contributed by atoms with van der Waals surface area (Å²) in [5.41, 5.74) is 9.46. The quantitative estimate of drug-likeness (QED) is 0.152. The summed E-state index contributed by atoms with van der Waals surface area (Å²) in [5.74, 6) is 1.55. The summed E-state index contributed by atoms with van der Waals surface area (Å²) in [5, 5.41) is 37.2. The second kappa shape index (κ2) is 13.1. The van der Waals surface area contributed by atoms with Gasteiger partial charge in [-0.3, -0.25) is 4.57 Å². The molecule has 1 saturated heterocycles. The van der Waals surface area contributed by atoms with Gasteiger partial charge in [0.1, 0.15) is 12.2 Å². The second-order valence-electron chi connectivity index (χ2n) is 12.0. The third-order valence-corrected chi connectivity index (χ3v) is 8.94. The van der Waals surface area contributed by atoms with Gasteiger partial charge in [-0.15, -0.1) is 10.2 Å². The molecule has 13 nitrogen and oxygen atoms in total. The Hall–Kier alpha value is -4.43. The van der Waals surface area contributed by atoms with E-state index in [4.69, 9.17) is 24.9 Å². The Morgan fingerprint density at radius 2 is 1.63 bits per heavy atom. The molecule has 4 atom stereocenters. The van der Waals surface area contributed by atoms with Crippen molar-refractivity contribution in [2.45, 2.75) is 81.6 Å². The van der Waals surface area contributed by atoms with Crippen LogP contribution in [0.25, 0.3) is 11.2 Å². The fourth-order valence-electron chi connectivity index (χ4n) is 6.35. The highest BCUT2D eigenvalue weighted by Crippen LogP contribution is 2.40. The van der Waals surface area contributed by atoms with E-state index in [0.29, 0.717) is 41.8 Å². The first-order valence-corrected chi connectivity index (χ1v) is 15.9. The molecule has 2 aliphatic rings. The average Bonchev–Trinajstić information content (AvgIpc) is 3.81. The standard InChI is InChI=1S/C33H39N9O4/c1-2-24-40-41-31(45-24)28-26(43)27(44)32(46-28)42-18-36-25-29(38-33(39-30(25)42)37-22-15-13-21(34)14-16-22)35-17-23(19-9-5-3-6-10-19)20-11-7-4-8-12-20/h3-12,18,21-23,26-28,32,43-44H,2,13-17,34H2,1H3,(H2,35,37,38,39)/t21?,22?,26-,27+,28-,32+/m0/s1. The highest BCUT2D eigenvalue weighted by atomic mass is 16.6. The number of nitrogens with zero attached hydrogens (tertiary/aromatic N) is 6. The van der Waals surface area contributed by atoms with Gasteiger partial charge in [0.15, 0.2) is 29.3 Å². The number of benzene rings is 2. The molecule has 46 heavy (non-hydrogen) atoms. The molecule has 0 spiro atoms. The number of aromatic nitrogens is 6. The molecule has 6 N–H and O–H groups in total. The van der Waals surface area contributed by atoms with E-state index in [-0.39, 0.29) is 23.9 Å². The van der Waals surface area contributed by atoms with Crippen LogP contribution in [-0.4, -0.2) is 70.8 Å². The Morgan fingerprint density at radius 3 is 2.28 bits per heavy atom. The van der Waals surface area contributed by atoms with Gasteiger partial charge in [0.25, 0.3) is 0 Å². The van der Waals surface area contributed by atoms with Crippen molar-refractivity contribution in [1.82, 2.24) is 29.7 Å². The van der Waals surface area contributed by atoms with Crippen molar-refractivity contribution in [2.24, 2.45) is 5.73 Å². The molecule has 0 amide bonds. The number of nitrogens with one attached hydrogen (secondary N) is 2. The lowest BCUT2D eigenvalue weighted by Gasteiger charge is -2.27. The first-order chi connectivity index (χ1) is 22.5. The number of anilines is 2. The van der Waals surface area contributed by atoms with Crippen LogP contribution in [0.15, 0.2) is 71.4 Å². The molecule has 0 radical (unpaired) electrons. The van der Waals surface area contributed by atoms with Gasteiger partial charge >= 0.3 is 0 Å². The van der Waals surface area contributed by atoms with Gasteiger partial charge in [-0.1, -0.05) is 67.6 Å². The summed E-state index contributed by atoms with van der Waals surface area (Å²) in [6.07, 6.45) is 1.15. The van der Waals surface area contributed by atoms with Crippen LogP contribution in [0, 0.1) is 0 Å². The van der Waals surface area contributed by atoms with E-state index in [1.807, 2.05) is 43.3 Å². The first-order valence-electron chi connectivity index (χ1n) is 15.9. The SMILES string of the molecule is CCc1nnc([C@H]2O[C@@H](n3cnc4c(NCC(c5ccccc5)c5ccccc5)nc(NC5CCC(N)CC5)nc43)[C@H](O)[C@@H]2O)o1. The smallest absolute Gasteiger partial charge is 0.248 e. The molecular formula is C33H39N9O4. The molecule has 0 unspecified atom stereocenters. The van der Waals surface area contributed by atoms with Gasteiger partial charge < -0.3 is 35.7 Å². The summed E-state index contributed by atoms with van der Waals surface area (Å²) >= 11 is 0. The van der Waals surface area contributed by atoms with E-state index in [1.54, 1.807) is 10.9 Å². The fraction of sp³-hybridized carbons (Fsp3) is 0.424. The molecular weight excluding hydrogens is 586 g/mol. The van der Waals surface area contributed by atoms with Gasteiger partial charge in [0.2, 0.25) is 17.7 Å². The molecule has 2 aromatic carbocycles. The van der Waals surface area contributed by atoms with Crippen LogP contribution in [-0.2, 0) is 11.2 Å². The van der Waals surface area contributed by atoms with Crippen LogP contribution in [0.2, 0.25) is 0 Å². The summed E-state index contributed by atoms with van der Waals surface area (Å²) in [7, 11) is 0. The highest BCUT2D eigenvalue weighted by molar-refractivity contribution is 5.84. The molecule has 240 valence electrons. The van der Waals surface area contributed by atoms with Crippen molar-refractivity contribution in [2.75, 3.05) is 17.2 Å². The van der Waals surface area contributed by atoms with Crippen molar-refractivity contribution in [3.8, 4) is 0 Å². The lowest BCUT2D eigenvalue weighted by atomic mass is 9.91. The molecule has 2 fully saturated rings. The normalized spacial score (nSPS) is 24.9. The van der Waals surface area contributed by atoms with Crippen LogP contribution in [0.5, 0.6) is 0 Å². The molecule has 13 heteroatoms. The zero-order valence-corrected chi connectivity index (χ0v) is 25.6. The van der Waals surface area contributed by atoms with Crippen LogP contribution < -0.4 is 16.4 Å². The molecule has 1 aliphatic heterocycles. The minimum atomic E-state index is -1.30. The van der Waals surface area contributed by atoms with Crippen molar-refractivity contribution in [3.63, 3.8) is 0 Å². The van der Waals surface area contributed by atoms with Crippen molar-refractivity contribution < 1.29 is 19.4 Å². The van der Waals surface area contributed by atoms with E-state index in [2.05, 4.69) is 50.1 Å². The third kappa shape index (κ3) is 6.06. The molecule has 0 bridgehead atoms. The maximum absolute atomic E-state index is 11.1. The number of hydrogen-bond donors (Lipinski definition) is 5. The predicted octanol–water partition coefficient (Wildman–Crippen LogP) is 3.69. The maximum atomic E-state index is 11.1. The van der Waals surface area contributed by atoms with Gasteiger partial charge in [0, 0.05) is 31.0 Å². The van der Waals surface area contributed by atoms with Crippen molar-refractivity contribution in [1.29, 1.82) is 0 Å². The largest absolute Gasteiger partial charge is 0.422 e. The fourth-order valence-corrected chi connectivity index (χ4v) is 6.35. The lowest BCUT2D eigenvalue weighted by molar-refractivity contribution is -0.0439. The summed E-state index contributed by atoms with van der Waals surface area (Å²) in [4.78, 5) is 14.4. The highest BCUT2D eigenvalue weighted by Gasteiger charge is 2.47. The first kappa shape index (κ1) is 30.2. The zero-order chi connectivity index (χ0) is 31.6. The van der Waals surface area contributed by atoms with Gasteiger partial charge in [-0.05, 0) is 36.8 Å². The molecule has 3 aromatic heterocycles. The molecule has 5 aromatic rings. The number of aliphatic hydroxyl groups is 2. The number of imidazole rings is 1. The average molecular weight is 626 g/mol. The topological polar surface area (TPSA) is 182 Å². The van der Waals surface area contributed by atoms with Crippen molar-refractivity contribution in [3.05, 3.63) is 89.9 Å². The Labute approximate surface area is 266 Å². The minimum Gasteiger partial charge on any atom is -0.422 e. The Kier molecular flexibility index (Phi) is 8.63. The predicted molar refractivity (Wildman–Crippen MR) is 171 cm³/mol. The number of nitrogens with two attached hydrogens (primary N) is 1. The van der Waals surface area contributed by atoms with Gasteiger partial charge in [-0.2, -0.15) is 9.97 Å². The van der Waals surface area contributed by atoms with Crippen LogP contribution >= 0.6 is 0 Å². The maximum Gasteiger partial charge on any atom is 0.248 e. The Balaban J connectivity index is 1.23. The minimum absolute atomic E-state index is 0.0454. The van der Waals surface area contributed by atoms with Crippen molar-refractivity contribution >= 4 is 22.9 Å². The molecule has 1 aliphatic carbocycles. The van der Waals surface area contributed by atoms with E-state index in [1.165, 1.54) is 11.1 Å². The van der Waals surface area contributed by atoms with Crippen LogP contribution in [0.4, 0.5) is 11.8 Å². The second-order valence-corrected chi connectivity index (χ2v) is 12.0. The van der Waals surface area contributed by atoms with Crippen LogP contribution in [0.3, 0.4) is 0 Å². The molecule has 4 heterocycles. The van der Waals surface area contributed by atoms with Crippen LogP contribution in [0.1, 0.15) is 73.8 Å². The third-order valence-electron chi connectivity index (χ3n) is 8.94. The monoisotopic (exact) mass is 625 g/mol. The zero-order valence-electron chi connectivity index (χ0n) is 25.6.